The van der Waals surface area contributed by atoms with E-state index >= 15 is 0 Å². The van der Waals surface area contributed by atoms with Gasteiger partial charge in [-0.25, -0.2) is 9.67 Å². The van der Waals surface area contributed by atoms with Crippen LogP contribution in [0.3, 0.4) is 0 Å². The van der Waals surface area contributed by atoms with E-state index in [2.05, 4.69) is 30.0 Å². The Kier molecular flexibility index (Phi) is 4.70. The van der Waals surface area contributed by atoms with E-state index in [0.29, 0.717) is 6.04 Å². The van der Waals surface area contributed by atoms with Gasteiger partial charge in [0.2, 0.25) is 0 Å². The highest BCUT2D eigenvalue weighted by molar-refractivity contribution is 7.13. The van der Waals surface area contributed by atoms with E-state index in [-0.39, 0.29) is 0 Å². The molecule has 1 unspecified atom stereocenters. The molecule has 3 heterocycles. The Morgan fingerprint density at radius 3 is 3.00 bits per heavy atom. The lowest BCUT2D eigenvalue weighted by Crippen LogP contribution is -2.12. The molecule has 3 rings (SSSR count). The van der Waals surface area contributed by atoms with Gasteiger partial charge in [-0.05, 0) is 36.8 Å². The summed E-state index contributed by atoms with van der Waals surface area (Å²) in [6, 6.07) is 2.50. The zero-order valence-corrected chi connectivity index (χ0v) is 13.7. The van der Waals surface area contributed by atoms with E-state index < -0.39 is 0 Å². The van der Waals surface area contributed by atoms with Gasteiger partial charge in [0, 0.05) is 13.0 Å². The van der Waals surface area contributed by atoms with Crippen molar-refractivity contribution >= 4 is 11.3 Å². The summed E-state index contributed by atoms with van der Waals surface area (Å²) in [5, 5.41) is 6.92. The summed E-state index contributed by atoms with van der Waals surface area (Å²) in [7, 11) is 0. The fourth-order valence-corrected chi connectivity index (χ4v) is 3.64. The van der Waals surface area contributed by atoms with Gasteiger partial charge < -0.3 is 4.74 Å². The molecule has 1 fully saturated rings. The van der Waals surface area contributed by atoms with Crippen molar-refractivity contribution in [2.45, 2.75) is 52.0 Å². The Morgan fingerprint density at radius 1 is 1.43 bits per heavy atom. The van der Waals surface area contributed by atoms with Gasteiger partial charge in [0.1, 0.15) is 0 Å². The molecule has 0 aliphatic carbocycles. The van der Waals surface area contributed by atoms with Crippen molar-refractivity contribution < 1.29 is 4.74 Å². The largest absolute Gasteiger partial charge is 0.379 e. The summed E-state index contributed by atoms with van der Waals surface area (Å²) in [5.74, 6) is 2.02. The first-order valence-electron chi connectivity index (χ1n) is 7.87. The summed E-state index contributed by atoms with van der Waals surface area (Å²) < 4.78 is 7.65. The second-order valence-electron chi connectivity index (χ2n) is 5.70. The molecule has 2 aromatic heterocycles. The van der Waals surface area contributed by atoms with E-state index in [4.69, 9.17) is 14.8 Å². The van der Waals surface area contributed by atoms with Crippen LogP contribution in [-0.2, 0) is 11.2 Å². The average molecular weight is 305 g/mol. The predicted molar refractivity (Wildman–Crippen MR) is 85.8 cm³/mol. The van der Waals surface area contributed by atoms with Gasteiger partial charge in [-0.3, -0.25) is 0 Å². The van der Waals surface area contributed by atoms with E-state index in [1.807, 2.05) is 0 Å². The molecule has 0 saturated carbocycles. The van der Waals surface area contributed by atoms with Gasteiger partial charge in [-0.2, -0.15) is 5.10 Å². The Balaban J connectivity index is 1.90. The smallest absolute Gasteiger partial charge is 0.169 e. The zero-order chi connectivity index (χ0) is 14.7. The molecule has 1 aliphatic heterocycles. The summed E-state index contributed by atoms with van der Waals surface area (Å²) >= 11 is 1.75. The van der Waals surface area contributed by atoms with E-state index in [1.54, 1.807) is 11.3 Å². The molecule has 4 nitrogen and oxygen atoms in total. The number of thiophene rings is 1. The molecule has 0 bridgehead atoms. The highest BCUT2D eigenvalue weighted by atomic mass is 32.1. The predicted octanol–water partition coefficient (Wildman–Crippen LogP) is 4.01. The van der Waals surface area contributed by atoms with Crippen LogP contribution in [-0.4, -0.2) is 28.0 Å². The van der Waals surface area contributed by atoms with Crippen molar-refractivity contribution in [3.8, 4) is 10.7 Å². The Morgan fingerprint density at radius 2 is 2.33 bits per heavy atom. The van der Waals surface area contributed by atoms with Crippen LogP contribution in [0.5, 0.6) is 0 Å². The third-order valence-corrected chi connectivity index (χ3v) is 5.01. The van der Waals surface area contributed by atoms with Gasteiger partial charge in [0.25, 0.3) is 0 Å². The number of aryl methyl sites for hydroxylation is 2. The second kappa shape index (κ2) is 6.71. The van der Waals surface area contributed by atoms with Crippen LogP contribution in [0, 0.1) is 6.92 Å². The molecule has 21 heavy (non-hydrogen) atoms. The summed E-state index contributed by atoms with van der Waals surface area (Å²) in [4.78, 5) is 6.08. The zero-order valence-electron chi connectivity index (χ0n) is 12.8. The van der Waals surface area contributed by atoms with Crippen molar-refractivity contribution in [3.63, 3.8) is 0 Å². The minimum absolute atomic E-state index is 0.342. The first kappa shape index (κ1) is 14.7. The lowest BCUT2D eigenvalue weighted by atomic mass is 10.2. The minimum Gasteiger partial charge on any atom is -0.379 e. The fourth-order valence-electron chi connectivity index (χ4n) is 2.73. The van der Waals surface area contributed by atoms with Gasteiger partial charge in [-0.15, -0.1) is 11.3 Å². The maximum atomic E-state index is 5.54. The van der Waals surface area contributed by atoms with Gasteiger partial charge in [0.15, 0.2) is 11.6 Å². The van der Waals surface area contributed by atoms with Crippen LogP contribution in [0.15, 0.2) is 11.4 Å². The number of rotatable bonds is 6. The van der Waals surface area contributed by atoms with Crippen LogP contribution in [0.2, 0.25) is 0 Å². The van der Waals surface area contributed by atoms with E-state index in [0.717, 1.165) is 37.7 Å². The topological polar surface area (TPSA) is 39.9 Å². The number of ether oxygens (including phenoxy) is 1. The van der Waals surface area contributed by atoms with Crippen molar-refractivity contribution in [3.05, 3.63) is 22.8 Å². The molecular formula is C16H23N3OS. The molecular weight excluding hydrogens is 282 g/mol. The standard InChI is InChI=1S/C16H23N3OS/c1-3-4-5-6-14-17-16(15-12(2)8-10-21-15)19(18-14)13-7-9-20-11-13/h8,10,13H,3-7,9,11H2,1-2H3. The lowest BCUT2D eigenvalue weighted by Gasteiger charge is -2.10. The normalized spacial score (nSPS) is 18.5. The van der Waals surface area contributed by atoms with Crippen molar-refractivity contribution in [1.29, 1.82) is 0 Å². The molecule has 0 N–H and O–H groups in total. The number of nitrogens with zero attached hydrogens (tertiary/aromatic N) is 3. The Labute approximate surface area is 130 Å². The van der Waals surface area contributed by atoms with Gasteiger partial charge in [-0.1, -0.05) is 19.8 Å². The third-order valence-electron chi connectivity index (χ3n) is 4.00. The molecule has 5 heteroatoms. The van der Waals surface area contributed by atoms with Crippen LogP contribution in [0.25, 0.3) is 10.7 Å². The van der Waals surface area contributed by atoms with Gasteiger partial charge in [0.05, 0.1) is 17.5 Å². The van der Waals surface area contributed by atoms with Crippen LogP contribution in [0.1, 0.15) is 50.0 Å². The number of hydrogen-bond donors (Lipinski definition) is 0. The molecule has 1 saturated heterocycles. The quantitative estimate of drug-likeness (QED) is 0.757. The molecule has 0 spiro atoms. The monoisotopic (exact) mass is 305 g/mol. The highest BCUT2D eigenvalue weighted by Crippen LogP contribution is 2.31. The Hall–Kier alpha value is -1.20. The molecule has 1 atom stereocenters. The first-order chi connectivity index (χ1) is 10.3. The van der Waals surface area contributed by atoms with Crippen LogP contribution < -0.4 is 0 Å². The van der Waals surface area contributed by atoms with Crippen molar-refractivity contribution in [2.24, 2.45) is 0 Å². The molecule has 0 aromatic carbocycles. The third kappa shape index (κ3) is 3.19. The SMILES string of the molecule is CCCCCc1nc(-c2sccc2C)n(C2CCOC2)n1. The maximum absolute atomic E-state index is 5.54. The molecule has 1 aliphatic rings. The summed E-state index contributed by atoms with van der Waals surface area (Å²) in [6.07, 6.45) is 5.66. The molecule has 2 aromatic rings. The van der Waals surface area contributed by atoms with E-state index in [1.165, 1.54) is 29.7 Å². The number of hydrogen-bond acceptors (Lipinski definition) is 4. The number of unbranched alkanes of at least 4 members (excludes halogenated alkanes) is 2. The minimum atomic E-state index is 0.342. The average Bonchev–Trinajstić information content (AvgIpc) is 3.18. The highest BCUT2D eigenvalue weighted by Gasteiger charge is 2.24. The van der Waals surface area contributed by atoms with Gasteiger partial charge >= 0.3 is 0 Å². The lowest BCUT2D eigenvalue weighted by molar-refractivity contribution is 0.184. The van der Waals surface area contributed by atoms with E-state index in [9.17, 15) is 0 Å². The molecule has 0 amide bonds. The summed E-state index contributed by atoms with van der Waals surface area (Å²) in [6.45, 7) is 5.96. The fraction of sp³-hybridized carbons (Fsp3) is 0.625. The number of aromatic nitrogens is 3. The van der Waals surface area contributed by atoms with Crippen molar-refractivity contribution in [1.82, 2.24) is 14.8 Å². The molecule has 0 radical (unpaired) electrons. The van der Waals surface area contributed by atoms with Crippen LogP contribution >= 0.6 is 11.3 Å². The van der Waals surface area contributed by atoms with Crippen molar-refractivity contribution in [2.75, 3.05) is 13.2 Å². The summed E-state index contributed by atoms with van der Waals surface area (Å²) in [5.41, 5.74) is 1.28. The first-order valence-corrected chi connectivity index (χ1v) is 8.75. The Bertz CT molecular complexity index is 584. The molecule has 114 valence electrons. The maximum Gasteiger partial charge on any atom is 0.169 e. The second-order valence-corrected chi connectivity index (χ2v) is 6.62. The van der Waals surface area contributed by atoms with Crippen LogP contribution in [0.4, 0.5) is 0 Å².